The molecule has 0 bridgehead atoms. The molecule has 0 amide bonds. The molecule has 2 N–H and O–H groups in total. The maximum Gasteiger partial charge on any atom is 0.191 e. The van der Waals surface area contributed by atoms with Gasteiger partial charge in [0.15, 0.2) is 5.96 Å². The number of thiazole rings is 1. The molecule has 26 heavy (non-hydrogen) atoms. The number of benzene rings is 1. The molecule has 0 unspecified atom stereocenters. The van der Waals surface area contributed by atoms with E-state index in [0.717, 1.165) is 34.5 Å². The average molecular weight is 375 g/mol. The zero-order valence-electron chi connectivity index (χ0n) is 16.4. The van der Waals surface area contributed by atoms with Gasteiger partial charge in [-0.1, -0.05) is 26.0 Å². The second-order valence-corrected chi connectivity index (χ2v) is 7.62. The van der Waals surface area contributed by atoms with Crippen molar-refractivity contribution >= 4 is 17.3 Å². The average Bonchev–Trinajstić information content (AvgIpc) is 3.07. The van der Waals surface area contributed by atoms with E-state index in [1.807, 2.05) is 26.0 Å². The van der Waals surface area contributed by atoms with Crippen LogP contribution in [0.25, 0.3) is 0 Å². The molecule has 0 saturated carbocycles. The Morgan fingerprint density at radius 1 is 1.15 bits per heavy atom. The second kappa shape index (κ2) is 10.2. The van der Waals surface area contributed by atoms with E-state index in [4.69, 9.17) is 4.74 Å². The van der Waals surface area contributed by atoms with Crippen LogP contribution >= 0.6 is 11.3 Å². The van der Waals surface area contributed by atoms with Crippen LogP contribution in [0.4, 0.5) is 0 Å². The molecule has 1 heterocycles. The Hall–Kier alpha value is -2.08. The van der Waals surface area contributed by atoms with Gasteiger partial charge in [0.1, 0.15) is 10.8 Å². The topological polar surface area (TPSA) is 58.5 Å². The maximum absolute atomic E-state index is 5.67. The second-order valence-electron chi connectivity index (χ2n) is 6.68. The summed E-state index contributed by atoms with van der Waals surface area (Å²) in [5.41, 5.74) is 2.30. The molecule has 1 aromatic heterocycles. The predicted molar refractivity (Wildman–Crippen MR) is 110 cm³/mol. The Kier molecular flexibility index (Phi) is 7.91. The van der Waals surface area contributed by atoms with E-state index in [2.05, 4.69) is 58.9 Å². The van der Waals surface area contributed by atoms with Crippen LogP contribution in [0.3, 0.4) is 0 Å². The molecule has 1 aromatic carbocycles. The molecule has 0 spiro atoms. The fraction of sp³-hybridized carbons (Fsp3) is 0.500. The molecule has 142 valence electrons. The van der Waals surface area contributed by atoms with Gasteiger partial charge in [0.05, 0.1) is 24.9 Å². The lowest BCUT2D eigenvalue weighted by atomic mass is 10.2. The minimum atomic E-state index is 0.186. The zero-order chi connectivity index (χ0) is 18.9. The van der Waals surface area contributed by atoms with Crippen LogP contribution in [0.1, 0.15) is 56.8 Å². The van der Waals surface area contributed by atoms with Gasteiger partial charge in [-0.15, -0.1) is 11.3 Å². The van der Waals surface area contributed by atoms with Crippen LogP contribution < -0.4 is 15.4 Å². The third-order valence-corrected chi connectivity index (χ3v) is 4.49. The van der Waals surface area contributed by atoms with Crippen molar-refractivity contribution in [3.05, 3.63) is 45.9 Å². The summed E-state index contributed by atoms with van der Waals surface area (Å²) in [4.78, 5) is 9.31. The summed E-state index contributed by atoms with van der Waals surface area (Å²) in [5.74, 6) is 2.16. The minimum absolute atomic E-state index is 0.186. The van der Waals surface area contributed by atoms with Gasteiger partial charge >= 0.3 is 0 Å². The van der Waals surface area contributed by atoms with Gasteiger partial charge in [0, 0.05) is 11.9 Å². The van der Waals surface area contributed by atoms with E-state index in [1.54, 1.807) is 11.3 Å². The summed E-state index contributed by atoms with van der Waals surface area (Å²) < 4.78 is 5.67. The number of guanidine groups is 1. The van der Waals surface area contributed by atoms with Crippen LogP contribution in [-0.4, -0.2) is 23.6 Å². The molecular weight excluding hydrogens is 344 g/mol. The normalized spacial score (nSPS) is 11.9. The van der Waals surface area contributed by atoms with E-state index in [0.29, 0.717) is 19.0 Å². The number of nitrogens with one attached hydrogen (secondary N) is 2. The van der Waals surface area contributed by atoms with Crippen molar-refractivity contribution in [1.29, 1.82) is 0 Å². The molecule has 0 saturated heterocycles. The monoisotopic (exact) mass is 374 g/mol. The van der Waals surface area contributed by atoms with Gasteiger partial charge in [-0.3, -0.25) is 0 Å². The smallest absolute Gasteiger partial charge is 0.191 e. The Balaban J connectivity index is 1.92. The number of hydrogen-bond donors (Lipinski definition) is 2. The Bertz CT molecular complexity index is 692. The van der Waals surface area contributed by atoms with Gasteiger partial charge < -0.3 is 15.4 Å². The van der Waals surface area contributed by atoms with Crippen molar-refractivity contribution in [2.45, 2.75) is 59.7 Å². The van der Waals surface area contributed by atoms with Crippen molar-refractivity contribution in [3.63, 3.8) is 0 Å². The van der Waals surface area contributed by atoms with Crippen LogP contribution in [0, 0.1) is 0 Å². The predicted octanol–water partition coefficient (Wildman–Crippen LogP) is 4.31. The highest BCUT2D eigenvalue weighted by Crippen LogP contribution is 2.17. The molecule has 5 nitrogen and oxygen atoms in total. The van der Waals surface area contributed by atoms with E-state index in [1.165, 1.54) is 0 Å². The number of nitrogens with zero attached hydrogens (tertiary/aromatic N) is 2. The minimum Gasteiger partial charge on any atom is -0.491 e. The fourth-order valence-corrected chi connectivity index (χ4v) is 3.18. The van der Waals surface area contributed by atoms with Gasteiger partial charge in [-0.05, 0) is 44.4 Å². The van der Waals surface area contributed by atoms with Crippen LogP contribution in [0.2, 0.25) is 0 Å². The number of ether oxygens (including phenoxy) is 1. The molecule has 0 aliphatic heterocycles. The van der Waals surface area contributed by atoms with Gasteiger partial charge in [0.25, 0.3) is 0 Å². The highest BCUT2D eigenvalue weighted by molar-refractivity contribution is 7.09. The first-order chi connectivity index (χ1) is 12.5. The summed E-state index contributed by atoms with van der Waals surface area (Å²) in [6, 6.07) is 8.10. The Morgan fingerprint density at radius 3 is 2.46 bits per heavy atom. The Morgan fingerprint density at radius 2 is 1.88 bits per heavy atom. The highest BCUT2D eigenvalue weighted by atomic mass is 32.1. The van der Waals surface area contributed by atoms with Crippen molar-refractivity contribution in [1.82, 2.24) is 15.6 Å². The van der Waals surface area contributed by atoms with Crippen molar-refractivity contribution in [3.8, 4) is 5.75 Å². The van der Waals surface area contributed by atoms with Crippen molar-refractivity contribution in [2.24, 2.45) is 4.99 Å². The zero-order valence-corrected chi connectivity index (χ0v) is 17.2. The van der Waals surface area contributed by atoms with E-state index in [9.17, 15) is 0 Å². The molecule has 0 aliphatic rings. The van der Waals surface area contributed by atoms with Crippen molar-refractivity contribution in [2.75, 3.05) is 6.54 Å². The lowest BCUT2D eigenvalue weighted by Crippen LogP contribution is -2.36. The van der Waals surface area contributed by atoms with Gasteiger partial charge in [0.2, 0.25) is 0 Å². The number of aliphatic imine (C=N–C) groups is 1. The van der Waals surface area contributed by atoms with Gasteiger partial charge in [-0.2, -0.15) is 0 Å². The van der Waals surface area contributed by atoms with Crippen LogP contribution in [0.15, 0.2) is 34.6 Å². The highest BCUT2D eigenvalue weighted by Gasteiger charge is 2.06. The van der Waals surface area contributed by atoms with Crippen LogP contribution in [0.5, 0.6) is 5.75 Å². The summed E-state index contributed by atoms with van der Waals surface area (Å²) >= 11 is 1.69. The van der Waals surface area contributed by atoms with Gasteiger partial charge in [-0.25, -0.2) is 9.98 Å². The molecule has 0 radical (unpaired) electrons. The lowest BCUT2D eigenvalue weighted by molar-refractivity contribution is 0.242. The lowest BCUT2D eigenvalue weighted by Gasteiger charge is -2.11. The fourth-order valence-electron chi connectivity index (χ4n) is 2.29. The number of hydrogen-bond acceptors (Lipinski definition) is 4. The molecule has 0 aliphatic carbocycles. The third kappa shape index (κ3) is 6.67. The van der Waals surface area contributed by atoms with E-state index >= 15 is 0 Å². The number of rotatable bonds is 8. The molecular formula is C20H30N4OS. The van der Waals surface area contributed by atoms with Crippen LogP contribution in [-0.2, 0) is 13.1 Å². The molecule has 6 heteroatoms. The quantitative estimate of drug-likeness (QED) is 0.534. The largest absolute Gasteiger partial charge is 0.491 e. The summed E-state index contributed by atoms with van der Waals surface area (Å²) in [6.07, 6.45) is 0.186. The molecule has 0 atom stereocenters. The van der Waals surface area contributed by atoms with E-state index < -0.39 is 0 Å². The molecule has 2 aromatic rings. The Labute approximate surface area is 160 Å². The standard InChI is InChI=1S/C20H30N4OS/c1-6-21-20(23-12-19-24-18(13-26-19)14(2)3)22-11-16-7-9-17(10-8-16)25-15(4)5/h7-10,13-15H,6,11-12H2,1-5H3,(H2,21,22,23). The van der Waals surface area contributed by atoms with Crippen molar-refractivity contribution < 1.29 is 4.74 Å². The summed E-state index contributed by atoms with van der Waals surface area (Å²) in [6.45, 7) is 12.6. The maximum atomic E-state index is 5.67. The number of aromatic nitrogens is 1. The molecule has 0 fully saturated rings. The first kappa shape index (κ1) is 20.2. The first-order valence-corrected chi connectivity index (χ1v) is 10.1. The first-order valence-electron chi connectivity index (χ1n) is 9.20. The van der Waals surface area contributed by atoms with E-state index in [-0.39, 0.29) is 6.10 Å². The summed E-state index contributed by atoms with van der Waals surface area (Å²) in [7, 11) is 0. The summed E-state index contributed by atoms with van der Waals surface area (Å²) in [5, 5.41) is 9.85. The SMILES string of the molecule is CCNC(=NCc1ccc(OC(C)C)cc1)NCc1nc(C(C)C)cs1. The third-order valence-electron chi connectivity index (χ3n) is 3.63. The molecule has 2 rings (SSSR count).